The zero-order chi connectivity index (χ0) is 12.6. The van der Waals surface area contributed by atoms with Crippen molar-refractivity contribution in [2.75, 3.05) is 13.2 Å². The minimum absolute atomic E-state index is 0.161. The first-order chi connectivity index (χ1) is 8.71. The summed E-state index contributed by atoms with van der Waals surface area (Å²) in [6.07, 6.45) is 6.39. The third-order valence-electron chi connectivity index (χ3n) is 4.94. The van der Waals surface area contributed by atoms with E-state index in [1.165, 1.54) is 12.8 Å². The summed E-state index contributed by atoms with van der Waals surface area (Å²) in [4.78, 5) is 12.6. The largest absolute Gasteiger partial charge is 0.393 e. The molecule has 0 unspecified atom stereocenters. The molecule has 2 atom stereocenters. The van der Waals surface area contributed by atoms with Crippen molar-refractivity contribution in [3.05, 3.63) is 0 Å². The Bertz CT molecular complexity index is 321. The Hall–Kier alpha value is -0.610. The highest BCUT2D eigenvalue weighted by Gasteiger charge is 2.51. The monoisotopic (exact) mass is 253 g/mol. The highest BCUT2D eigenvalue weighted by molar-refractivity contribution is 5.83. The fourth-order valence-electron chi connectivity index (χ4n) is 3.61. The van der Waals surface area contributed by atoms with Crippen molar-refractivity contribution in [1.82, 2.24) is 5.32 Å². The Morgan fingerprint density at radius 3 is 2.44 bits per heavy atom. The van der Waals surface area contributed by atoms with E-state index in [2.05, 4.69) is 5.32 Å². The highest BCUT2D eigenvalue weighted by atomic mass is 16.5. The highest BCUT2D eigenvalue weighted by Crippen LogP contribution is 2.51. The van der Waals surface area contributed by atoms with Gasteiger partial charge in [0.2, 0.25) is 5.91 Å². The fraction of sp³-hybridized carbons (Fsp3) is 0.929. The molecule has 0 spiro atoms. The second-order valence-corrected chi connectivity index (χ2v) is 6.18. The van der Waals surface area contributed by atoms with Gasteiger partial charge in [0.25, 0.3) is 0 Å². The van der Waals surface area contributed by atoms with Crippen LogP contribution in [0.15, 0.2) is 0 Å². The number of carbonyl (C=O) groups is 1. The summed E-state index contributed by atoms with van der Waals surface area (Å²) < 4.78 is 5.42. The van der Waals surface area contributed by atoms with Crippen LogP contribution in [0.2, 0.25) is 0 Å². The van der Waals surface area contributed by atoms with Crippen LogP contribution in [0.4, 0.5) is 0 Å². The van der Waals surface area contributed by atoms with Crippen LogP contribution in [0.1, 0.15) is 44.9 Å². The predicted octanol–water partition coefficient (Wildman–Crippen LogP) is 1.22. The van der Waals surface area contributed by atoms with E-state index in [1.54, 1.807) is 0 Å². The number of rotatable bonds is 3. The maximum atomic E-state index is 12.6. The van der Waals surface area contributed by atoms with Gasteiger partial charge < -0.3 is 15.2 Å². The number of hydrogen-bond acceptors (Lipinski definition) is 3. The Morgan fingerprint density at radius 2 is 1.89 bits per heavy atom. The number of aliphatic hydroxyl groups excluding tert-OH is 1. The molecular weight excluding hydrogens is 230 g/mol. The minimum Gasteiger partial charge on any atom is -0.393 e. The van der Waals surface area contributed by atoms with Gasteiger partial charge in [-0.2, -0.15) is 0 Å². The molecular formula is C14H23NO3. The van der Waals surface area contributed by atoms with Crippen LogP contribution in [-0.4, -0.2) is 36.4 Å². The van der Waals surface area contributed by atoms with Gasteiger partial charge in [-0.1, -0.05) is 0 Å². The molecule has 3 fully saturated rings. The molecule has 102 valence electrons. The van der Waals surface area contributed by atoms with E-state index >= 15 is 0 Å². The van der Waals surface area contributed by atoms with Crippen LogP contribution >= 0.6 is 0 Å². The van der Waals surface area contributed by atoms with Crippen molar-refractivity contribution in [2.45, 2.75) is 57.1 Å². The van der Waals surface area contributed by atoms with Crippen molar-refractivity contribution >= 4 is 5.91 Å². The molecule has 4 nitrogen and oxygen atoms in total. The first-order valence-corrected chi connectivity index (χ1v) is 7.27. The van der Waals surface area contributed by atoms with E-state index in [0.717, 1.165) is 45.3 Å². The van der Waals surface area contributed by atoms with Gasteiger partial charge in [-0.15, -0.1) is 0 Å². The van der Waals surface area contributed by atoms with Gasteiger partial charge in [0.1, 0.15) is 0 Å². The number of aliphatic hydroxyl groups is 1. The number of hydrogen-bond donors (Lipinski definition) is 2. The lowest BCUT2D eigenvalue weighted by Crippen LogP contribution is -2.49. The molecule has 1 amide bonds. The van der Waals surface area contributed by atoms with Crippen LogP contribution in [0, 0.1) is 11.3 Å². The lowest BCUT2D eigenvalue weighted by atomic mass is 9.74. The van der Waals surface area contributed by atoms with Crippen molar-refractivity contribution in [3.63, 3.8) is 0 Å². The van der Waals surface area contributed by atoms with Crippen LogP contribution in [0.25, 0.3) is 0 Å². The summed E-state index contributed by atoms with van der Waals surface area (Å²) in [5, 5.41) is 12.7. The molecule has 3 rings (SSSR count). The van der Waals surface area contributed by atoms with E-state index < -0.39 is 0 Å². The molecule has 1 heterocycles. The van der Waals surface area contributed by atoms with E-state index in [0.29, 0.717) is 5.92 Å². The smallest absolute Gasteiger partial charge is 0.226 e. The maximum absolute atomic E-state index is 12.6. The molecule has 0 aromatic rings. The van der Waals surface area contributed by atoms with Gasteiger partial charge in [-0.05, 0) is 50.9 Å². The van der Waals surface area contributed by atoms with E-state index in [-0.39, 0.29) is 23.5 Å². The third-order valence-corrected chi connectivity index (χ3v) is 4.94. The van der Waals surface area contributed by atoms with Gasteiger partial charge in [0.05, 0.1) is 11.5 Å². The average Bonchev–Trinajstić information content (AvgIpc) is 3.15. The lowest BCUT2D eigenvalue weighted by molar-refractivity contribution is -0.139. The number of nitrogens with one attached hydrogen (secondary N) is 1. The molecule has 1 aliphatic heterocycles. The number of amides is 1. The molecule has 1 saturated heterocycles. The molecule has 0 aromatic carbocycles. The van der Waals surface area contributed by atoms with Crippen molar-refractivity contribution in [2.24, 2.45) is 11.3 Å². The summed E-state index contributed by atoms with van der Waals surface area (Å²) in [7, 11) is 0. The maximum Gasteiger partial charge on any atom is 0.226 e. The zero-order valence-electron chi connectivity index (χ0n) is 10.9. The molecule has 18 heavy (non-hydrogen) atoms. The van der Waals surface area contributed by atoms with E-state index in [4.69, 9.17) is 4.74 Å². The second-order valence-electron chi connectivity index (χ2n) is 6.18. The van der Waals surface area contributed by atoms with Crippen LogP contribution in [-0.2, 0) is 9.53 Å². The molecule has 4 heteroatoms. The summed E-state index contributed by atoms with van der Waals surface area (Å²) >= 11 is 0. The summed E-state index contributed by atoms with van der Waals surface area (Å²) in [6, 6.07) is 0.186. The van der Waals surface area contributed by atoms with Gasteiger partial charge in [-0.3, -0.25) is 4.79 Å². The summed E-state index contributed by atoms with van der Waals surface area (Å²) in [6.45, 7) is 1.44. The average molecular weight is 253 g/mol. The Labute approximate surface area is 108 Å². The molecule has 2 aliphatic carbocycles. The minimum atomic E-state index is -0.220. The SMILES string of the molecule is O=C(N[C@H]1CC[C@@H](O)C1)C1(C2CC2)CCOCC1. The molecule has 0 bridgehead atoms. The predicted molar refractivity (Wildman–Crippen MR) is 67.0 cm³/mol. The Balaban J connectivity index is 1.65. The number of carbonyl (C=O) groups excluding carboxylic acids is 1. The van der Waals surface area contributed by atoms with Gasteiger partial charge in [-0.25, -0.2) is 0 Å². The van der Waals surface area contributed by atoms with Crippen LogP contribution < -0.4 is 5.32 Å². The standard InChI is InChI=1S/C14H23NO3/c16-12-4-3-11(9-12)15-13(17)14(10-1-2-10)5-7-18-8-6-14/h10-12,16H,1-9H2,(H,15,17)/t11-,12+/m0/s1. The number of ether oxygens (including phenoxy) is 1. The quantitative estimate of drug-likeness (QED) is 0.795. The Morgan fingerprint density at radius 1 is 1.17 bits per heavy atom. The Kier molecular flexibility index (Phi) is 3.32. The summed E-state index contributed by atoms with van der Waals surface area (Å²) in [5.74, 6) is 0.806. The van der Waals surface area contributed by atoms with Gasteiger partial charge in [0, 0.05) is 19.3 Å². The van der Waals surface area contributed by atoms with Crippen molar-refractivity contribution in [1.29, 1.82) is 0 Å². The van der Waals surface area contributed by atoms with Gasteiger partial charge in [0.15, 0.2) is 0 Å². The van der Waals surface area contributed by atoms with Crippen LogP contribution in [0.3, 0.4) is 0 Å². The molecule has 0 aromatic heterocycles. The lowest BCUT2D eigenvalue weighted by Gasteiger charge is -2.37. The van der Waals surface area contributed by atoms with Crippen LogP contribution in [0.5, 0.6) is 0 Å². The topological polar surface area (TPSA) is 58.6 Å². The normalized spacial score (nSPS) is 35.4. The van der Waals surface area contributed by atoms with Crippen molar-refractivity contribution < 1.29 is 14.6 Å². The zero-order valence-corrected chi connectivity index (χ0v) is 10.9. The molecule has 2 saturated carbocycles. The second kappa shape index (κ2) is 4.82. The molecule has 0 radical (unpaired) electrons. The first-order valence-electron chi connectivity index (χ1n) is 7.27. The summed E-state index contributed by atoms with van der Waals surface area (Å²) in [5.41, 5.74) is -0.161. The van der Waals surface area contributed by atoms with E-state index in [1.807, 2.05) is 0 Å². The van der Waals surface area contributed by atoms with Gasteiger partial charge >= 0.3 is 0 Å². The molecule has 3 aliphatic rings. The fourth-order valence-corrected chi connectivity index (χ4v) is 3.61. The first kappa shape index (κ1) is 12.4. The molecule has 2 N–H and O–H groups in total. The third kappa shape index (κ3) is 2.28. The van der Waals surface area contributed by atoms with Crippen molar-refractivity contribution in [3.8, 4) is 0 Å². The van der Waals surface area contributed by atoms with E-state index in [9.17, 15) is 9.90 Å².